The van der Waals surface area contributed by atoms with Crippen molar-refractivity contribution in [1.82, 2.24) is 0 Å². The van der Waals surface area contributed by atoms with Gasteiger partial charge in [0.1, 0.15) is 0 Å². The zero-order valence-corrected chi connectivity index (χ0v) is 22.0. The van der Waals surface area contributed by atoms with Crippen LogP contribution in [0.3, 0.4) is 0 Å². The largest absolute Gasteiger partial charge is 0.398 e. The third-order valence-corrected chi connectivity index (χ3v) is 8.10. The number of rotatable bonds is 14. The minimum Gasteiger partial charge on any atom is -0.398 e. The summed E-state index contributed by atoms with van der Waals surface area (Å²) in [6.45, 7) is 10.5. The summed E-state index contributed by atoms with van der Waals surface area (Å²) in [5.74, 6) is 0.752. The van der Waals surface area contributed by atoms with Gasteiger partial charge in [-0.25, -0.2) is 8.99 Å². The van der Waals surface area contributed by atoms with Crippen molar-refractivity contribution < 1.29 is 9.00 Å². The first kappa shape index (κ1) is 27.7. The zero-order valence-electron chi connectivity index (χ0n) is 21.2. The fraction of sp³-hybridized carbons (Fsp3) is 0.519. The topological polar surface area (TPSA) is 99.3 Å². The van der Waals surface area contributed by atoms with Gasteiger partial charge in [-0.1, -0.05) is 47.0 Å². The maximum absolute atomic E-state index is 13.0. The average Bonchev–Trinajstić information content (AvgIpc) is 2.82. The molecule has 4 N–H and O–H groups in total. The van der Waals surface area contributed by atoms with Crippen LogP contribution in [0.2, 0.25) is 0 Å². The van der Waals surface area contributed by atoms with Crippen LogP contribution >= 0.6 is 0 Å². The molecule has 0 spiro atoms. The Labute approximate surface area is 206 Å². The number of carbonyl (C=O) groups is 1. The third kappa shape index (κ3) is 8.05. The van der Waals surface area contributed by atoms with E-state index in [1.807, 2.05) is 12.1 Å². The second-order valence-corrected chi connectivity index (χ2v) is 11.4. The second kappa shape index (κ2) is 13.4. The standard InChI is InChI=1S/C27H42N4O2S/c1-5-17-31(18-6-2)23-13-16-26(28)25(20-23)27(32)30-22-11-14-24(15-12-22)34(29,33)19-9-8-10-21(4)7-3/h11-16,20-21,29H,5-10,17-19,28H2,1-4H3,(H,30,32)/t21-,34?/m1/s1. The number of hydrogen-bond acceptors (Lipinski definition) is 5. The Bertz CT molecular complexity index is 1010. The molecule has 0 aliphatic rings. The lowest BCUT2D eigenvalue weighted by atomic mass is 10.0. The molecule has 0 bridgehead atoms. The van der Waals surface area contributed by atoms with E-state index in [4.69, 9.17) is 10.5 Å². The van der Waals surface area contributed by atoms with Crippen LogP contribution in [0.15, 0.2) is 47.4 Å². The molecular weight excluding hydrogens is 444 g/mol. The number of hydrogen-bond donors (Lipinski definition) is 3. The van der Waals surface area contributed by atoms with Gasteiger partial charge in [0.15, 0.2) is 0 Å². The van der Waals surface area contributed by atoms with Crippen LogP contribution in [0.5, 0.6) is 0 Å². The normalized spacial score (nSPS) is 13.8. The molecule has 0 aliphatic heterocycles. The van der Waals surface area contributed by atoms with Gasteiger partial charge in [0.25, 0.3) is 5.91 Å². The van der Waals surface area contributed by atoms with Crippen molar-refractivity contribution in [2.45, 2.75) is 71.1 Å². The van der Waals surface area contributed by atoms with Crippen LogP contribution in [0.25, 0.3) is 0 Å². The maximum Gasteiger partial charge on any atom is 0.257 e. The molecule has 34 heavy (non-hydrogen) atoms. The van der Waals surface area contributed by atoms with Crippen LogP contribution in [-0.2, 0) is 9.73 Å². The van der Waals surface area contributed by atoms with Crippen LogP contribution < -0.4 is 16.0 Å². The summed E-state index contributed by atoms with van der Waals surface area (Å²) < 4.78 is 21.2. The van der Waals surface area contributed by atoms with E-state index in [2.05, 4.69) is 37.9 Å². The molecule has 0 heterocycles. The van der Waals surface area contributed by atoms with E-state index in [9.17, 15) is 9.00 Å². The minimum absolute atomic E-state index is 0.281. The lowest BCUT2D eigenvalue weighted by Crippen LogP contribution is -2.25. The fourth-order valence-corrected chi connectivity index (χ4v) is 5.35. The molecule has 2 atom stereocenters. The van der Waals surface area contributed by atoms with Crippen molar-refractivity contribution in [3.63, 3.8) is 0 Å². The van der Waals surface area contributed by atoms with Crippen molar-refractivity contribution in [2.24, 2.45) is 5.92 Å². The van der Waals surface area contributed by atoms with Crippen molar-refractivity contribution in [2.75, 3.05) is 34.8 Å². The molecule has 188 valence electrons. The summed E-state index contributed by atoms with van der Waals surface area (Å²) >= 11 is 0. The summed E-state index contributed by atoms with van der Waals surface area (Å²) in [6.07, 6.45) is 6.08. The number of carbonyl (C=O) groups excluding carboxylic acids is 1. The molecule has 7 heteroatoms. The predicted octanol–water partition coefficient (Wildman–Crippen LogP) is 6.77. The zero-order chi connectivity index (χ0) is 25.1. The Morgan fingerprint density at radius 3 is 2.29 bits per heavy atom. The van der Waals surface area contributed by atoms with Crippen molar-refractivity contribution in [1.29, 1.82) is 4.78 Å². The van der Waals surface area contributed by atoms with E-state index >= 15 is 0 Å². The lowest BCUT2D eigenvalue weighted by Gasteiger charge is -2.24. The Kier molecular flexibility index (Phi) is 10.9. The molecule has 0 aliphatic carbocycles. The predicted molar refractivity (Wildman–Crippen MR) is 145 cm³/mol. The number of benzene rings is 2. The van der Waals surface area contributed by atoms with E-state index in [0.29, 0.717) is 33.5 Å². The van der Waals surface area contributed by atoms with Gasteiger partial charge in [-0.2, -0.15) is 0 Å². The van der Waals surface area contributed by atoms with Crippen LogP contribution in [0.1, 0.15) is 76.6 Å². The minimum atomic E-state index is -2.83. The van der Waals surface area contributed by atoms with Crippen LogP contribution in [0.4, 0.5) is 17.1 Å². The summed E-state index contributed by atoms with van der Waals surface area (Å²) in [6, 6.07) is 12.4. The van der Waals surface area contributed by atoms with Gasteiger partial charge < -0.3 is 16.0 Å². The number of nitrogens with two attached hydrogens (primary N) is 1. The van der Waals surface area contributed by atoms with Gasteiger partial charge in [-0.3, -0.25) is 4.79 Å². The molecule has 6 nitrogen and oxygen atoms in total. The molecule has 0 saturated heterocycles. The Morgan fingerprint density at radius 2 is 1.71 bits per heavy atom. The highest BCUT2D eigenvalue weighted by Gasteiger charge is 2.15. The van der Waals surface area contributed by atoms with E-state index in [0.717, 1.165) is 57.3 Å². The highest BCUT2D eigenvalue weighted by atomic mass is 32.2. The number of amides is 1. The van der Waals surface area contributed by atoms with Gasteiger partial charge >= 0.3 is 0 Å². The highest BCUT2D eigenvalue weighted by Crippen LogP contribution is 2.24. The first-order chi connectivity index (χ1) is 16.2. The number of nitrogens with zero attached hydrogens (tertiary/aromatic N) is 1. The molecule has 0 aromatic heterocycles. The summed E-state index contributed by atoms with van der Waals surface area (Å²) in [4.78, 5) is 15.7. The SMILES string of the molecule is CCCN(CCC)c1ccc(N)c(C(=O)Nc2ccc(S(=N)(=O)CCCC[C@H](C)CC)cc2)c1. The van der Waals surface area contributed by atoms with Gasteiger partial charge in [0.05, 0.1) is 15.3 Å². The summed E-state index contributed by atoms with van der Waals surface area (Å²) in [7, 11) is -2.83. The van der Waals surface area contributed by atoms with Crippen molar-refractivity contribution >= 4 is 32.7 Å². The van der Waals surface area contributed by atoms with E-state index < -0.39 is 9.73 Å². The third-order valence-electron chi connectivity index (χ3n) is 6.20. The first-order valence-corrected chi connectivity index (χ1v) is 14.3. The molecule has 1 unspecified atom stereocenters. The monoisotopic (exact) mass is 486 g/mol. The molecule has 0 radical (unpaired) electrons. The average molecular weight is 487 g/mol. The molecule has 0 fully saturated rings. The first-order valence-electron chi connectivity index (χ1n) is 12.5. The van der Waals surface area contributed by atoms with Gasteiger partial charge in [-0.05, 0) is 67.6 Å². The quantitative estimate of drug-likeness (QED) is 0.203. The summed E-state index contributed by atoms with van der Waals surface area (Å²) in [5.41, 5.74) is 8.55. The van der Waals surface area contributed by atoms with Crippen LogP contribution in [-0.4, -0.2) is 29.0 Å². The molecule has 1 amide bonds. The van der Waals surface area contributed by atoms with Crippen molar-refractivity contribution in [3.05, 3.63) is 48.0 Å². The van der Waals surface area contributed by atoms with E-state index in [-0.39, 0.29) is 5.91 Å². The fourth-order valence-electron chi connectivity index (χ4n) is 3.92. The number of nitrogens with one attached hydrogen (secondary N) is 2. The Balaban J connectivity index is 2.06. The number of unbranched alkanes of at least 4 members (excludes halogenated alkanes) is 1. The van der Waals surface area contributed by atoms with Crippen LogP contribution in [0, 0.1) is 10.7 Å². The number of nitrogen functional groups attached to an aromatic ring is 1. The smallest absolute Gasteiger partial charge is 0.257 e. The summed E-state index contributed by atoms with van der Waals surface area (Å²) in [5, 5.41) is 2.89. The molecule has 2 aromatic carbocycles. The highest BCUT2D eigenvalue weighted by molar-refractivity contribution is 7.92. The lowest BCUT2D eigenvalue weighted by molar-refractivity contribution is 0.102. The molecule has 0 saturated carbocycles. The Morgan fingerprint density at radius 1 is 1.06 bits per heavy atom. The second-order valence-electron chi connectivity index (χ2n) is 9.13. The van der Waals surface area contributed by atoms with Gasteiger partial charge in [0, 0.05) is 40.8 Å². The molecular formula is C27H42N4O2S. The Hall–Kier alpha value is -2.54. The maximum atomic E-state index is 13.0. The molecule has 2 aromatic rings. The van der Waals surface area contributed by atoms with E-state index in [1.165, 1.54) is 0 Å². The van der Waals surface area contributed by atoms with E-state index in [1.54, 1.807) is 30.3 Å². The van der Waals surface area contributed by atoms with Crippen molar-refractivity contribution in [3.8, 4) is 0 Å². The van der Waals surface area contributed by atoms with Gasteiger partial charge in [0.2, 0.25) is 0 Å². The molecule has 2 rings (SSSR count). The van der Waals surface area contributed by atoms with Gasteiger partial charge in [-0.15, -0.1) is 0 Å². The number of anilines is 3.